The van der Waals surface area contributed by atoms with E-state index in [1.807, 2.05) is 45.9 Å². The van der Waals surface area contributed by atoms with Crippen LogP contribution >= 0.6 is 0 Å². The van der Waals surface area contributed by atoms with Gasteiger partial charge in [0.1, 0.15) is 11.5 Å². The molecule has 2 N–H and O–H groups in total. The van der Waals surface area contributed by atoms with E-state index in [1.165, 1.54) is 0 Å². The highest BCUT2D eigenvalue weighted by Gasteiger charge is 2.17. The lowest BCUT2D eigenvalue weighted by atomic mass is 10.1. The van der Waals surface area contributed by atoms with Gasteiger partial charge in [0.15, 0.2) is 5.58 Å². The lowest BCUT2D eigenvalue weighted by molar-refractivity contribution is -0.115. The molecule has 2 heterocycles. The highest BCUT2D eigenvalue weighted by atomic mass is 16.5. The lowest BCUT2D eigenvalue weighted by Crippen LogP contribution is -2.03. The molecule has 1 amide bonds. The average Bonchev–Trinajstić information content (AvgIpc) is 3.30. The van der Waals surface area contributed by atoms with Crippen LogP contribution in [0.3, 0.4) is 0 Å². The Morgan fingerprint density at radius 2 is 1.50 bits per heavy atom. The third-order valence-electron chi connectivity index (χ3n) is 3.57. The number of rotatable bonds is 2. The smallest absolute Gasteiger partial charge is 0.417 e. The molecule has 7 nitrogen and oxygen atoms in total. The maximum atomic E-state index is 10.9. The normalized spacial score (nSPS) is 10.9. The van der Waals surface area contributed by atoms with Gasteiger partial charge < -0.3 is 19.2 Å². The Morgan fingerprint density at radius 3 is 2.14 bits per heavy atom. The minimum Gasteiger partial charge on any atom is -0.497 e. The number of benzene rings is 2. The molecule has 1 aromatic heterocycles. The number of aromatic nitrogens is 1. The van der Waals surface area contributed by atoms with Gasteiger partial charge in [0.2, 0.25) is 5.91 Å². The van der Waals surface area contributed by atoms with E-state index in [1.54, 1.807) is 32.4 Å². The van der Waals surface area contributed by atoms with Crippen LogP contribution in [0, 0.1) is 0 Å². The van der Waals surface area contributed by atoms with Gasteiger partial charge in [0.05, 0.1) is 26.2 Å². The second-order valence-corrected chi connectivity index (χ2v) is 5.12. The topological polar surface area (TPSA) is 93.6 Å². The number of ether oxygens (including phenoxy) is 2. The fourth-order valence-corrected chi connectivity index (χ4v) is 2.39. The SMILES string of the molecule is CC.CC.COc1ccc2[nH]c(=O)oc2c1.COc1ccc2c(c1)CC(=O)N2. The molecule has 0 saturated carbocycles. The first kappa shape index (κ1) is 22.8. The fraction of sp³-hybridized carbons (Fsp3) is 0.333. The van der Waals surface area contributed by atoms with Crippen LogP contribution < -0.4 is 20.5 Å². The number of carbonyl (C=O) groups excluding carboxylic acids is 1. The van der Waals surface area contributed by atoms with Gasteiger partial charge in [-0.2, -0.15) is 0 Å². The van der Waals surface area contributed by atoms with Gasteiger partial charge >= 0.3 is 5.76 Å². The summed E-state index contributed by atoms with van der Waals surface area (Å²) in [6.07, 6.45) is 0.465. The van der Waals surface area contributed by atoms with E-state index in [9.17, 15) is 9.59 Å². The largest absolute Gasteiger partial charge is 0.497 e. The Hall–Kier alpha value is -3.22. The van der Waals surface area contributed by atoms with Gasteiger partial charge in [0.25, 0.3) is 0 Å². The Kier molecular flexibility index (Phi) is 9.36. The average molecular weight is 388 g/mol. The summed E-state index contributed by atoms with van der Waals surface area (Å²) in [4.78, 5) is 24.2. The molecule has 0 radical (unpaired) electrons. The summed E-state index contributed by atoms with van der Waals surface area (Å²) >= 11 is 0. The molecule has 1 aliphatic rings. The summed E-state index contributed by atoms with van der Waals surface area (Å²) in [5.74, 6) is 1.08. The molecule has 0 atom stereocenters. The standard InChI is InChI=1S/C9H9NO2.C8H7NO3.2C2H6/c1-12-7-2-3-8-6(4-7)5-9(11)10-8;1-11-5-2-3-6-7(4-5)12-8(10)9-6;2*1-2/h2-4H,5H2,1H3,(H,10,11);2-4H,1H3,(H,9,10);2*1-2H3. The van der Waals surface area contributed by atoms with Crippen molar-refractivity contribution in [1.29, 1.82) is 0 Å². The fourth-order valence-electron chi connectivity index (χ4n) is 2.39. The summed E-state index contributed by atoms with van der Waals surface area (Å²) < 4.78 is 14.8. The van der Waals surface area contributed by atoms with Crippen molar-refractivity contribution in [2.75, 3.05) is 19.5 Å². The van der Waals surface area contributed by atoms with Crippen molar-refractivity contribution in [3.63, 3.8) is 0 Å². The third-order valence-corrected chi connectivity index (χ3v) is 3.57. The molecule has 2 aromatic carbocycles. The van der Waals surface area contributed by atoms with Crippen molar-refractivity contribution in [3.05, 3.63) is 52.5 Å². The number of hydrogen-bond donors (Lipinski definition) is 2. The summed E-state index contributed by atoms with van der Waals surface area (Å²) in [5.41, 5.74) is 3.11. The number of aromatic amines is 1. The van der Waals surface area contributed by atoms with Crippen molar-refractivity contribution in [1.82, 2.24) is 4.98 Å². The molecule has 0 fully saturated rings. The van der Waals surface area contributed by atoms with Crippen molar-refractivity contribution in [2.45, 2.75) is 34.1 Å². The van der Waals surface area contributed by atoms with Gasteiger partial charge in [-0.05, 0) is 35.9 Å². The number of carbonyl (C=O) groups is 1. The molecule has 152 valence electrons. The summed E-state index contributed by atoms with van der Waals surface area (Å²) in [6, 6.07) is 10.7. The van der Waals surface area contributed by atoms with E-state index in [0.717, 1.165) is 17.0 Å². The predicted molar refractivity (Wildman–Crippen MR) is 111 cm³/mol. The van der Waals surface area contributed by atoms with E-state index < -0.39 is 5.76 Å². The number of H-pyrrole nitrogens is 1. The molecule has 4 rings (SSSR count). The zero-order valence-corrected chi connectivity index (χ0v) is 17.2. The summed E-state index contributed by atoms with van der Waals surface area (Å²) in [5, 5.41) is 2.75. The maximum absolute atomic E-state index is 10.9. The minimum atomic E-state index is -0.446. The van der Waals surface area contributed by atoms with Crippen LogP contribution in [0.1, 0.15) is 33.3 Å². The van der Waals surface area contributed by atoms with E-state index in [2.05, 4.69) is 10.3 Å². The Balaban J connectivity index is 0.000000238. The van der Waals surface area contributed by atoms with Crippen molar-refractivity contribution in [2.24, 2.45) is 0 Å². The molecule has 0 saturated heterocycles. The maximum Gasteiger partial charge on any atom is 0.417 e. The van der Waals surface area contributed by atoms with Crippen molar-refractivity contribution < 1.29 is 18.7 Å². The molecule has 3 aromatic rings. The summed E-state index contributed by atoms with van der Waals surface area (Å²) in [6.45, 7) is 8.00. The molecular formula is C21H28N2O5. The number of nitrogens with one attached hydrogen (secondary N) is 2. The molecular weight excluding hydrogens is 360 g/mol. The first-order chi connectivity index (χ1) is 13.6. The number of anilines is 1. The molecule has 28 heavy (non-hydrogen) atoms. The van der Waals surface area contributed by atoms with Gasteiger partial charge in [0, 0.05) is 11.8 Å². The Morgan fingerprint density at radius 1 is 0.893 bits per heavy atom. The Bertz CT molecular complexity index is 943. The second kappa shape index (κ2) is 11.5. The van der Waals surface area contributed by atoms with E-state index >= 15 is 0 Å². The van der Waals surface area contributed by atoms with Crippen LogP contribution in [-0.2, 0) is 11.2 Å². The molecule has 0 bridgehead atoms. The zero-order chi connectivity index (χ0) is 21.1. The zero-order valence-electron chi connectivity index (χ0n) is 17.2. The number of methoxy groups -OCH3 is 2. The van der Waals surface area contributed by atoms with Crippen molar-refractivity contribution >= 4 is 22.7 Å². The monoisotopic (exact) mass is 388 g/mol. The van der Waals surface area contributed by atoms with Gasteiger partial charge in [-0.3, -0.25) is 9.78 Å². The van der Waals surface area contributed by atoms with E-state index in [4.69, 9.17) is 13.9 Å². The van der Waals surface area contributed by atoms with Gasteiger partial charge in [-0.15, -0.1) is 0 Å². The first-order valence-electron chi connectivity index (χ1n) is 9.22. The quantitative estimate of drug-likeness (QED) is 0.680. The summed E-state index contributed by atoms with van der Waals surface area (Å²) in [7, 11) is 3.18. The van der Waals surface area contributed by atoms with Crippen LogP contribution in [0.4, 0.5) is 5.69 Å². The molecule has 0 unspecified atom stereocenters. The third kappa shape index (κ3) is 5.90. The highest BCUT2D eigenvalue weighted by molar-refractivity contribution is 5.99. The van der Waals surface area contributed by atoms with E-state index in [-0.39, 0.29) is 5.91 Å². The molecule has 1 aliphatic heterocycles. The van der Waals surface area contributed by atoms with Crippen LogP contribution in [0.25, 0.3) is 11.1 Å². The predicted octanol–water partition coefficient (Wildman–Crippen LogP) is 4.37. The number of oxazole rings is 1. The highest BCUT2D eigenvalue weighted by Crippen LogP contribution is 2.26. The van der Waals surface area contributed by atoms with Gasteiger partial charge in [-0.1, -0.05) is 27.7 Å². The second-order valence-electron chi connectivity index (χ2n) is 5.12. The molecule has 0 spiro atoms. The van der Waals surface area contributed by atoms with Gasteiger partial charge in [-0.25, -0.2) is 4.79 Å². The number of fused-ring (bicyclic) bond motifs is 2. The first-order valence-corrected chi connectivity index (χ1v) is 9.22. The lowest BCUT2D eigenvalue weighted by Gasteiger charge is -2.01. The van der Waals surface area contributed by atoms with E-state index in [0.29, 0.717) is 23.3 Å². The Labute approximate surface area is 164 Å². The molecule has 0 aliphatic carbocycles. The number of amides is 1. The van der Waals surface area contributed by atoms with Crippen LogP contribution in [0.15, 0.2) is 45.6 Å². The van der Waals surface area contributed by atoms with Crippen LogP contribution in [0.2, 0.25) is 0 Å². The molecule has 7 heteroatoms. The van der Waals surface area contributed by atoms with Crippen LogP contribution in [-0.4, -0.2) is 25.1 Å². The van der Waals surface area contributed by atoms with Crippen molar-refractivity contribution in [3.8, 4) is 11.5 Å². The number of hydrogen-bond acceptors (Lipinski definition) is 5. The minimum absolute atomic E-state index is 0.0539. The van der Waals surface area contributed by atoms with Crippen LogP contribution in [0.5, 0.6) is 11.5 Å².